The van der Waals surface area contributed by atoms with Gasteiger partial charge < -0.3 is 9.32 Å². The van der Waals surface area contributed by atoms with Crippen molar-refractivity contribution in [2.24, 2.45) is 0 Å². The first-order chi connectivity index (χ1) is 11.4. The van der Waals surface area contributed by atoms with E-state index >= 15 is 0 Å². The normalized spacial score (nSPS) is 16.3. The Hall–Kier alpha value is -2.19. The number of nitrogens with zero attached hydrogens (tertiary/aromatic N) is 2. The van der Waals surface area contributed by atoms with Gasteiger partial charge in [-0.15, -0.1) is 0 Å². The van der Waals surface area contributed by atoms with Crippen LogP contribution in [-0.4, -0.2) is 49.7 Å². The number of halogens is 1. The molecule has 0 unspecified atom stereocenters. The van der Waals surface area contributed by atoms with Crippen LogP contribution in [0.3, 0.4) is 0 Å². The third-order valence-electron chi connectivity index (χ3n) is 4.02. The van der Waals surface area contributed by atoms with Gasteiger partial charge >= 0.3 is 0 Å². The van der Waals surface area contributed by atoms with Crippen LogP contribution in [0.15, 0.2) is 45.9 Å². The monoisotopic (exact) mass is 352 g/mol. The van der Waals surface area contributed by atoms with E-state index in [-0.39, 0.29) is 48.3 Å². The molecular formula is C16H17FN2O4S. The number of sulfonamides is 1. The summed E-state index contributed by atoms with van der Waals surface area (Å²) in [5, 5.41) is 0. The van der Waals surface area contributed by atoms with Gasteiger partial charge in [-0.3, -0.25) is 4.79 Å². The standard InChI is InChI=1S/C16H17FN2O4S/c1-12-11-13(4-5-14(12)17)24(21,22)19-8-6-18(7-9-19)16(20)15-3-2-10-23-15/h2-5,10-11H,6-9H2,1H3. The van der Waals surface area contributed by atoms with Gasteiger partial charge in [-0.2, -0.15) is 4.31 Å². The van der Waals surface area contributed by atoms with Gasteiger partial charge in [-0.05, 0) is 42.8 Å². The number of carbonyl (C=O) groups is 1. The van der Waals surface area contributed by atoms with Crippen molar-refractivity contribution in [2.45, 2.75) is 11.8 Å². The number of hydrogen-bond acceptors (Lipinski definition) is 4. The Morgan fingerprint density at radius 2 is 1.88 bits per heavy atom. The Morgan fingerprint density at radius 1 is 1.17 bits per heavy atom. The van der Waals surface area contributed by atoms with E-state index in [1.165, 1.54) is 29.6 Å². The lowest BCUT2D eigenvalue weighted by molar-refractivity contribution is 0.0666. The minimum Gasteiger partial charge on any atom is -0.459 e. The fraction of sp³-hybridized carbons (Fsp3) is 0.312. The first-order valence-electron chi connectivity index (χ1n) is 7.48. The van der Waals surface area contributed by atoms with Crippen molar-refractivity contribution in [3.05, 3.63) is 53.7 Å². The van der Waals surface area contributed by atoms with Crippen LogP contribution in [-0.2, 0) is 10.0 Å². The molecular weight excluding hydrogens is 335 g/mol. The molecule has 1 aromatic carbocycles. The van der Waals surface area contributed by atoms with E-state index in [1.54, 1.807) is 17.0 Å². The third-order valence-corrected chi connectivity index (χ3v) is 5.92. The maximum atomic E-state index is 13.3. The quantitative estimate of drug-likeness (QED) is 0.846. The average molecular weight is 352 g/mol. The van der Waals surface area contributed by atoms with Gasteiger partial charge in [-0.25, -0.2) is 12.8 Å². The van der Waals surface area contributed by atoms with Crippen LogP contribution >= 0.6 is 0 Å². The molecule has 6 nitrogen and oxygen atoms in total. The van der Waals surface area contributed by atoms with Gasteiger partial charge in [0.25, 0.3) is 5.91 Å². The fourth-order valence-corrected chi connectivity index (χ4v) is 4.12. The van der Waals surface area contributed by atoms with Gasteiger partial charge in [-0.1, -0.05) is 0 Å². The maximum Gasteiger partial charge on any atom is 0.289 e. The van der Waals surface area contributed by atoms with Crippen molar-refractivity contribution >= 4 is 15.9 Å². The highest BCUT2D eigenvalue weighted by Gasteiger charge is 2.31. The molecule has 24 heavy (non-hydrogen) atoms. The lowest BCUT2D eigenvalue weighted by Gasteiger charge is -2.33. The molecule has 0 aliphatic carbocycles. The van der Waals surface area contributed by atoms with E-state index in [9.17, 15) is 17.6 Å². The molecule has 3 rings (SSSR count). The van der Waals surface area contributed by atoms with Crippen molar-refractivity contribution in [1.82, 2.24) is 9.21 Å². The Balaban J connectivity index is 1.71. The fourth-order valence-electron chi connectivity index (χ4n) is 2.61. The van der Waals surface area contributed by atoms with E-state index in [0.29, 0.717) is 0 Å². The summed E-state index contributed by atoms with van der Waals surface area (Å²) in [6.45, 7) is 2.45. The number of aryl methyl sites for hydroxylation is 1. The zero-order chi connectivity index (χ0) is 17.3. The van der Waals surface area contributed by atoms with Gasteiger partial charge in [0, 0.05) is 26.2 Å². The van der Waals surface area contributed by atoms with E-state index in [0.717, 1.165) is 6.07 Å². The molecule has 2 aromatic rings. The van der Waals surface area contributed by atoms with E-state index in [4.69, 9.17) is 4.42 Å². The van der Waals surface area contributed by atoms with E-state index in [2.05, 4.69) is 0 Å². The van der Waals surface area contributed by atoms with Crippen molar-refractivity contribution in [3.63, 3.8) is 0 Å². The maximum absolute atomic E-state index is 13.3. The zero-order valence-electron chi connectivity index (χ0n) is 13.1. The van der Waals surface area contributed by atoms with Gasteiger partial charge in [0.05, 0.1) is 11.2 Å². The smallest absolute Gasteiger partial charge is 0.289 e. The summed E-state index contributed by atoms with van der Waals surface area (Å²) >= 11 is 0. The van der Waals surface area contributed by atoms with Gasteiger partial charge in [0.1, 0.15) is 5.82 Å². The van der Waals surface area contributed by atoms with Crippen molar-refractivity contribution < 1.29 is 22.0 Å². The Bertz CT molecular complexity index is 841. The van der Waals surface area contributed by atoms with Gasteiger partial charge in [0.15, 0.2) is 5.76 Å². The highest BCUT2D eigenvalue weighted by molar-refractivity contribution is 7.89. The second-order valence-corrected chi connectivity index (χ2v) is 7.52. The second-order valence-electron chi connectivity index (χ2n) is 5.58. The summed E-state index contributed by atoms with van der Waals surface area (Å²) in [6, 6.07) is 6.94. The molecule has 1 aliphatic rings. The second kappa shape index (κ2) is 6.37. The SMILES string of the molecule is Cc1cc(S(=O)(=O)N2CCN(C(=O)c3ccco3)CC2)ccc1F. The number of piperazine rings is 1. The molecule has 0 atom stereocenters. The van der Waals surface area contributed by atoms with Crippen LogP contribution in [0.2, 0.25) is 0 Å². The van der Waals surface area contributed by atoms with Crippen LogP contribution in [0.25, 0.3) is 0 Å². The molecule has 2 heterocycles. The molecule has 0 radical (unpaired) electrons. The number of furan rings is 1. The topological polar surface area (TPSA) is 70.8 Å². The Labute approximate surface area is 139 Å². The van der Waals surface area contributed by atoms with Crippen LogP contribution in [0.5, 0.6) is 0 Å². The first kappa shape index (κ1) is 16.7. The summed E-state index contributed by atoms with van der Waals surface area (Å²) in [5.74, 6) is -0.460. The molecule has 0 bridgehead atoms. The van der Waals surface area contributed by atoms with E-state index in [1.807, 2.05) is 0 Å². The molecule has 0 saturated carbocycles. The molecule has 1 aliphatic heterocycles. The molecule has 0 N–H and O–H groups in total. The summed E-state index contributed by atoms with van der Waals surface area (Å²) < 4.78 is 45.0. The zero-order valence-corrected chi connectivity index (χ0v) is 13.9. The van der Waals surface area contributed by atoms with Crippen molar-refractivity contribution in [1.29, 1.82) is 0 Å². The lowest BCUT2D eigenvalue weighted by Crippen LogP contribution is -2.50. The van der Waals surface area contributed by atoms with Crippen LogP contribution in [0.1, 0.15) is 16.1 Å². The Morgan fingerprint density at radius 3 is 2.46 bits per heavy atom. The highest BCUT2D eigenvalue weighted by atomic mass is 32.2. The minimum atomic E-state index is -3.70. The summed E-state index contributed by atoms with van der Waals surface area (Å²) in [7, 11) is -3.70. The van der Waals surface area contributed by atoms with Crippen molar-refractivity contribution in [2.75, 3.05) is 26.2 Å². The minimum absolute atomic E-state index is 0.0622. The number of carbonyl (C=O) groups excluding carboxylic acids is 1. The molecule has 1 amide bonds. The molecule has 0 spiro atoms. The average Bonchev–Trinajstić information content (AvgIpc) is 3.11. The van der Waals surface area contributed by atoms with E-state index < -0.39 is 15.8 Å². The molecule has 1 saturated heterocycles. The molecule has 8 heteroatoms. The largest absolute Gasteiger partial charge is 0.459 e. The third kappa shape index (κ3) is 3.07. The first-order valence-corrected chi connectivity index (χ1v) is 8.92. The molecule has 1 fully saturated rings. The van der Waals surface area contributed by atoms with Gasteiger partial charge in [0.2, 0.25) is 10.0 Å². The van der Waals surface area contributed by atoms with Crippen LogP contribution in [0, 0.1) is 12.7 Å². The Kier molecular flexibility index (Phi) is 4.42. The number of amides is 1. The lowest BCUT2D eigenvalue weighted by atomic mass is 10.2. The number of benzene rings is 1. The van der Waals surface area contributed by atoms with Crippen molar-refractivity contribution in [3.8, 4) is 0 Å². The summed E-state index contributed by atoms with van der Waals surface area (Å²) in [5.41, 5.74) is 0.280. The van der Waals surface area contributed by atoms with Crippen LogP contribution in [0.4, 0.5) is 4.39 Å². The highest BCUT2D eigenvalue weighted by Crippen LogP contribution is 2.20. The molecule has 128 valence electrons. The number of hydrogen-bond donors (Lipinski definition) is 0. The van der Waals surface area contributed by atoms with Crippen LogP contribution < -0.4 is 0 Å². The predicted molar refractivity (Wildman–Crippen MR) is 84.5 cm³/mol. The number of rotatable bonds is 3. The summed E-state index contributed by atoms with van der Waals surface area (Å²) in [6.07, 6.45) is 1.42. The summed E-state index contributed by atoms with van der Waals surface area (Å²) in [4.78, 5) is 13.8. The predicted octanol–water partition coefficient (Wildman–Crippen LogP) is 1.87. The molecule has 1 aromatic heterocycles.